The number of aromatic nitrogens is 2. The highest BCUT2D eigenvalue weighted by atomic mass is 32.2. The van der Waals surface area contributed by atoms with Crippen LogP contribution in [0.3, 0.4) is 0 Å². The molecule has 1 aromatic rings. The number of nitrogens with zero attached hydrogens (tertiary/aromatic N) is 3. The van der Waals surface area contributed by atoms with Crippen LogP contribution in [0.4, 0.5) is 4.79 Å². The number of likely N-dealkylation sites (tertiary alicyclic amines) is 1. The molecule has 1 fully saturated rings. The van der Waals surface area contributed by atoms with Crippen molar-refractivity contribution in [1.82, 2.24) is 14.5 Å². The molecule has 0 aromatic carbocycles. The van der Waals surface area contributed by atoms with Gasteiger partial charge in [0.05, 0.1) is 18.6 Å². The van der Waals surface area contributed by atoms with Crippen LogP contribution in [0, 0.1) is 0 Å². The van der Waals surface area contributed by atoms with Crippen LogP contribution in [0.25, 0.3) is 0 Å². The van der Waals surface area contributed by atoms with Gasteiger partial charge in [0.1, 0.15) is 11.4 Å². The van der Waals surface area contributed by atoms with Crippen molar-refractivity contribution in [3.8, 4) is 0 Å². The van der Waals surface area contributed by atoms with E-state index in [2.05, 4.69) is 13.8 Å². The molecule has 28 heavy (non-hydrogen) atoms. The van der Waals surface area contributed by atoms with Crippen LogP contribution in [-0.4, -0.2) is 60.5 Å². The van der Waals surface area contributed by atoms with E-state index in [1.807, 2.05) is 31.5 Å². The fourth-order valence-corrected chi connectivity index (χ4v) is 3.55. The Balaban J connectivity index is 2.05. The van der Waals surface area contributed by atoms with E-state index in [1.54, 1.807) is 4.90 Å². The third-order valence-electron chi connectivity index (χ3n) is 4.56. The first-order valence-corrected chi connectivity index (χ1v) is 11.6. The van der Waals surface area contributed by atoms with Crippen LogP contribution in [0.5, 0.6) is 0 Å². The molecule has 8 nitrogen and oxygen atoms in total. The van der Waals surface area contributed by atoms with Crippen molar-refractivity contribution in [2.24, 2.45) is 0 Å². The molecule has 1 saturated heterocycles. The molecule has 0 spiro atoms. The summed E-state index contributed by atoms with van der Waals surface area (Å²) in [5.41, 5.74) is 0.472. The molecule has 0 radical (unpaired) electrons. The number of carbonyl (C=O) groups is 1. The first-order valence-electron chi connectivity index (χ1n) is 9.75. The first kappa shape index (κ1) is 22.7. The van der Waals surface area contributed by atoms with Gasteiger partial charge in [0, 0.05) is 31.7 Å². The lowest BCUT2D eigenvalue weighted by molar-refractivity contribution is 0.0202. The normalized spacial score (nSPS) is 16.6. The Morgan fingerprint density at radius 3 is 2.39 bits per heavy atom. The van der Waals surface area contributed by atoms with Crippen molar-refractivity contribution in [2.45, 2.75) is 71.4 Å². The van der Waals surface area contributed by atoms with Crippen molar-refractivity contribution < 1.29 is 22.1 Å². The van der Waals surface area contributed by atoms with Crippen molar-refractivity contribution in [3.63, 3.8) is 0 Å². The Morgan fingerprint density at radius 1 is 1.29 bits per heavy atom. The monoisotopic (exact) mass is 415 g/mol. The lowest BCUT2D eigenvalue weighted by Crippen LogP contribution is -2.41. The van der Waals surface area contributed by atoms with E-state index < -0.39 is 15.7 Å². The van der Waals surface area contributed by atoms with Crippen LogP contribution in [0.1, 0.15) is 70.8 Å². The molecule has 0 N–H and O–H groups in total. The zero-order chi connectivity index (χ0) is 21.1. The fraction of sp³-hybridized carbons (Fsp3) is 0.789. The quantitative estimate of drug-likeness (QED) is 0.663. The average molecular weight is 416 g/mol. The molecule has 0 saturated carbocycles. The molecule has 9 heteroatoms. The van der Waals surface area contributed by atoms with Crippen molar-refractivity contribution in [1.29, 1.82) is 0 Å². The highest BCUT2D eigenvalue weighted by molar-refractivity contribution is 7.85. The van der Waals surface area contributed by atoms with Crippen molar-refractivity contribution in [3.05, 3.63) is 17.7 Å². The molecule has 0 aliphatic carbocycles. The molecule has 1 aliphatic rings. The third-order valence-corrected chi connectivity index (χ3v) is 5.15. The van der Waals surface area contributed by atoms with Gasteiger partial charge in [-0.3, -0.25) is 4.18 Å². The zero-order valence-corrected chi connectivity index (χ0v) is 18.6. The molecule has 1 amide bonds. The summed E-state index contributed by atoms with van der Waals surface area (Å²) in [4.78, 5) is 18.8. The van der Waals surface area contributed by atoms with E-state index in [0.717, 1.165) is 30.6 Å². The molecule has 1 aromatic heterocycles. The van der Waals surface area contributed by atoms with Crippen molar-refractivity contribution >= 4 is 16.2 Å². The summed E-state index contributed by atoms with van der Waals surface area (Å²) in [6.45, 7) is 11.5. The number of amides is 1. The predicted octanol–water partition coefficient (Wildman–Crippen LogP) is 3.10. The second-order valence-corrected chi connectivity index (χ2v) is 10.3. The first-order chi connectivity index (χ1) is 12.9. The van der Waals surface area contributed by atoms with E-state index >= 15 is 0 Å². The predicted molar refractivity (Wildman–Crippen MR) is 107 cm³/mol. The molecule has 2 rings (SSSR count). The maximum absolute atomic E-state index is 12.3. The summed E-state index contributed by atoms with van der Waals surface area (Å²) < 4.78 is 34.8. The largest absolute Gasteiger partial charge is 0.444 e. The van der Waals surface area contributed by atoms with Crippen LogP contribution < -0.4 is 0 Å². The Morgan fingerprint density at radius 2 is 1.89 bits per heavy atom. The van der Waals surface area contributed by atoms with Gasteiger partial charge < -0.3 is 14.2 Å². The van der Waals surface area contributed by atoms with Crippen LogP contribution >= 0.6 is 0 Å². The summed E-state index contributed by atoms with van der Waals surface area (Å²) >= 11 is 0. The molecule has 0 atom stereocenters. The maximum atomic E-state index is 12.3. The summed E-state index contributed by atoms with van der Waals surface area (Å²) in [5.74, 6) is 1.42. The van der Waals surface area contributed by atoms with E-state index in [1.165, 1.54) is 0 Å². The van der Waals surface area contributed by atoms with Crippen molar-refractivity contribution in [2.75, 3.05) is 26.0 Å². The lowest BCUT2D eigenvalue weighted by Gasteiger charge is -2.33. The lowest BCUT2D eigenvalue weighted by atomic mass is 9.96. The topological polar surface area (TPSA) is 90.7 Å². The minimum Gasteiger partial charge on any atom is -0.444 e. The van der Waals surface area contributed by atoms with Gasteiger partial charge in [0.25, 0.3) is 10.1 Å². The van der Waals surface area contributed by atoms with Crippen LogP contribution in [0.15, 0.2) is 6.20 Å². The summed E-state index contributed by atoms with van der Waals surface area (Å²) in [6, 6.07) is 0. The maximum Gasteiger partial charge on any atom is 0.410 e. The molecular formula is C19H33N3O5S. The van der Waals surface area contributed by atoms with Gasteiger partial charge >= 0.3 is 6.09 Å². The number of piperidine rings is 1. The number of hydrogen-bond donors (Lipinski definition) is 0. The Bertz CT molecular complexity index is 772. The smallest absolute Gasteiger partial charge is 0.410 e. The summed E-state index contributed by atoms with van der Waals surface area (Å²) in [5, 5.41) is 0. The Kier molecular flexibility index (Phi) is 7.14. The van der Waals surface area contributed by atoms with Gasteiger partial charge in [-0.15, -0.1) is 0 Å². The van der Waals surface area contributed by atoms with Gasteiger partial charge in [-0.05, 0) is 39.5 Å². The molecule has 0 unspecified atom stereocenters. The van der Waals surface area contributed by atoms with E-state index in [9.17, 15) is 13.2 Å². The van der Waals surface area contributed by atoms with E-state index in [0.29, 0.717) is 19.6 Å². The van der Waals surface area contributed by atoms with E-state index in [-0.39, 0.29) is 24.5 Å². The number of rotatable bonds is 6. The van der Waals surface area contributed by atoms with Gasteiger partial charge in [0.15, 0.2) is 0 Å². The second-order valence-electron chi connectivity index (χ2n) is 8.64. The highest BCUT2D eigenvalue weighted by Crippen LogP contribution is 2.29. The minimum absolute atomic E-state index is 0.0798. The van der Waals surface area contributed by atoms with Gasteiger partial charge in [-0.2, -0.15) is 8.42 Å². The molecule has 160 valence electrons. The Labute approximate surface area is 168 Å². The standard InChI is InChI=1S/C19H33N3O5S/c1-14(2)16-13-22(11-12-26-28(6,24)25)17(20-16)15-7-9-21(10-8-15)18(23)27-19(3,4)5/h13-15H,7-12H2,1-6H3. The SMILES string of the molecule is CC(C)c1cn(CCOS(C)(=O)=O)c(C2CCN(C(=O)OC(C)(C)C)CC2)n1. The van der Waals surface area contributed by atoms with Crippen LogP contribution in [-0.2, 0) is 25.6 Å². The van der Waals surface area contributed by atoms with Gasteiger partial charge in [-0.1, -0.05) is 13.8 Å². The van der Waals surface area contributed by atoms with Gasteiger partial charge in [-0.25, -0.2) is 9.78 Å². The minimum atomic E-state index is -3.47. The van der Waals surface area contributed by atoms with E-state index in [4.69, 9.17) is 13.9 Å². The third kappa shape index (κ3) is 6.77. The molecule has 2 heterocycles. The van der Waals surface area contributed by atoms with Gasteiger partial charge in [0.2, 0.25) is 0 Å². The average Bonchev–Trinajstić information content (AvgIpc) is 2.96. The number of hydrogen-bond acceptors (Lipinski definition) is 6. The Hall–Kier alpha value is -1.61. The summed E-state index contributed by atoms with van der Waals surface area (Å²) in [7, 11) is -3.47. The zero-order valence-electron chi connectivity index (χ0n) is 17.8. The molecule has 1 aliphatic heterocycles. The number of ether oxygens (including phenoxy) is 1. The molecular weight excluding hydrogens is 382 g/mol. The molecule has 0 bridgehead atoms. The number of carbonyl (C=O) groups excluding carboxylic acids is 1. The summed E-state index contributed by atoms with van der Waals surface area (Å²) in [6.07, 6.45) is 4.33. The van der Waals surface area contributed by atoms with Crippen LogP contribution in [0.2, 0.25) is 0 Å². The highest BCUT2D eigenvalue weighted by Gasteiger charge is 2.30. The fourth-order valence-electron chi connectivity index (χ4n) is 3.17. The second kappa shape index (κ2) is 8.82. The number of imidazole rings is 1.